The Bertz CT molecular complexity index is 284. The van der Waals surface area contributed by atoms with Gasteiger partial charge in [-0.1, -0.05) is 0 Å². The number of halogens is 1. The number of rotatable bonds is 6. The molecule has 1 aliphatic carbocycles. The molecule has 0 radical (unpaired) electrons. The zero-order chi connectivity index (χ0) is 12.2. The first kappa shape index (κ1) is 13.5. The van der Waals surface area contributed by atoms with Gasteiger partial charge in [-0.15, -0.1) is 4.52 Å². The highest BCUT2D eigenvalue weighted by Crippen LogP contribution is 2.47. The summed E-state index contributed by atoms with van der Waals surface area (Å²) in [7, 11) is -0.550. The van der Waals surface area contributed by atoms with Gasteiger partial charge in [0.15, 0.2) is 6.16 Å². The molecule has 0 aromatic carbocycles. The van der Waals surface area contributed by atoms with Gasteiger partial charge in [0.05, 0.1) is 19.6 Å². The predicted molar refractivity (Wildman–Crippen MR) is 57.3 cm³/mol. The van der Waals surface area contributed by atoms with Crippen LogP contribution in [-0.2, 0) is 18.6 Å². The summed E-state index contributed by atoms with van der Waals surface area (Å²) in [5.41, 5.74) is -1.55. The quantitative estimate of drug-likeness (QED) is 0.537. The molecule has 0 amide bonds. The molecule has 3 unspecified atom stereocenters. The first-order chi connectivity index (χ1) is 7.53. The van der Waals surface area contributed by atoms with Crippen molar-refractivity contribution in [3.63, 3.8) is 0 Å². The number of esters is 1. The van der Waals surface area contributed by atoms with Crippen LogP contribution in [-0.4, -0.2) is 31.5 Å². The van der Waals surface area contributed by atoms with Gasteiger partial charge in [0.2, 0.25) is 0 Å². The Morgan fingerprint density at radius 2 is 2.31 bits per heavy atom. The van der Waals surface area contributed by atoms with Crippen molar-refractivity contribution in [3.8, 4) is 0 Å². The number of carbonyl (C=O) groups excluding carboxylic acids is 1. The molecule has 16 heavy (non-hydrogen) atoms. The minimum Gasteiger partial charge on any atom is -0.469 e. The molecule has 1 rings (SSSR count). The minimum atomic E-state index is -1.80. The van der Waals surface area contributed by atoms with E-state index in [4.69, 9.17) is 4.52 Å². The Morgan fingerprint density at radius 1 is 1.62 bits per heavy atom. The number of ether oxygens (including phenoxy) is 1. The van der Waals surface area contributed by atoms with Crippen LogP contribution in [0.1, 0.15) is 26.2 Å². The molecule has 0 N–H and O–H groups in total. The summed E-state index contributed by atoms with van der Waals surface area (Å²) in [4.78, 5) is 11.2. The van der Waals surface area contributed by atoms with Gasteiger partial charge in [-0.05, 0) is 24.3 Å². The average Bonchev–Trinajstić information content (AvgIpc) is 2.24. The molecule has 0 bridgehead atoms. The van der Waals surface area contributed by atoms with E-state index in [-0.39, 0.29) is 12.6 Å². The summed E-state index contributed by atoms with van der Waals surface area (Å²) in [5, 5.41) is 0. The van der Waals surface area contributed by atoms with E-state index < -0.39 is 25.6 Å². The van der Waals surface area contributed by atoms with Gasteiger partial charge in [0.25, 0.3) is 0 Å². The molecule has 0 aliphatic heterocycles. The second-order valence-corrected chi connectivity index (χ2v) is 5.24. The van der Waals surface area contributed by atoms with Crippen molar-refractivity contribution in [1.29, 1.82) is 0 Å². The first-order valence-corrected chi connectivity index (χ1v) is 6.74. The van der Waals surface area contributed by atoms with Crippen LogP contribution in [0.25, 0.3) is 0 Å². The maximum absolute atomic E-state index is 14.1. The van der Waals surface area contributed by atoms with E-state index in [0.717, 1.165) is 0 Å². The minimum absolute atomic E-state index is 0.0992. The maximum atomic E-state index is 14.1. The smallest absolute Gasteiger partial charge is 0.469 e. The van der Waals surface area contributed by atoms with Gasteiger partial charge in [-0.2, -0.15) is 0 Å². The monoisotopic (exact) mass is 251 g/mol. The normalized spacial score (nSPS) is 29.4. The molecule has 4 nitrogen and oxygen atoms in total. The van der Waals surface area contributed by atoms with E-state index in [2.05, 4.69) is 4.74 Å². The van der Waals surface area contributed by atoms with Crippen molar-refractivity contribution >= 4 is 14.0 Å². The third-order valence-electron chi connectivity index (χ3n) is 2.94. The van der Waals surface area contributed by atoms with Crippen LogP contribution in [0.4, 0.5) is 4.39 Å². The molecular weight excluding hydrogens is 234 g/mol. The maximum Gasteiger partial charge on any atom is 0.508 e. The van der Waals surface area contributed by atoms with E-state index in [1.54, 1.807) is 6.92 Å². The highest BCUT2D eigenvalue weighted by atomic mass is 31.1. The molecule has 1 aliphatic rings. The van der Waals surface area contributed by atoms with Crippen LogP contribution in [0.3, 0.4) is 0 Å². The number of alkyl halides is 1. The van der Waals surface area contributed by atoms with Crippen LogP contribution in [0, 0.1) is 5.92 Å². The van der Waals surface area contributed by atoms with E-state index in [1.807, 2.05) is 0 Å². The summed E-state index contributed by atoms with van der Waals surface area (Å²) in [6, 6.07) is 0. The van der Waals surface area contributed by atoms with Crippen molar-refractivity contribution in [2.45, 2.75) is 31.9 Å². The Labute approximate surface area is 95.4 Å². The van der Waals surface area contributed by atoms with Crippen LogP contribution in [0.2, 0.25) is 0 Å². The zero-order valence-corrected chi connectivity index (χ0v) is 10.5. The lowest BCUT2D eigenvalue weighted by Gasteiger charge is -2.40. The van der Waals surface area contributed by atoms with Crippen molar-refractivity contribution in [2.24, 2.45) is 5.92 Å². The second kappa shape index (κ2) is 5.69. The second-order valence-electron chi connectivity index (χ2n) is 3.87. The number of hydrogen-bond donors (Lipinski definition) is 0. The summed E-state index contributed by atoms with van der Waals surface area (Å²) >= 11 is 0. The van der Waals surface area contributed by atoms with E-state index in [1.165, 1.54) is 7.11 Å². The Kier molecular flexibility index (Phi) is 4.81. The standard InChI is InChI=1S/C10H17FO4P/c1-3-15-16(13)7-6-10(11)5-4-8(10)9(12)14-2/h8H,3-7H2,1-2H3/q+1. The van der Waals surface area contributed by atoms with Crippen LogP contribution < -0.4 is 0 Å². The van der Waals surface area contributed by atoms with Gasteiger partial charge in [-0.25, -0.2) is 4.39 Å². The molecule has 0 heterocycles. The molecular formula is C10H17FO4P+. The van der Waals surface area contributed by atoms with E-state index in [9.17, 15) is 13.8 Å². The van der Waals surface area contributed by atoms with Gasteiger partial charge < -0.3 is 4.74 Å². The average molecular weight is 251 g/mol. The highest BCUT2D eigenvalue weighted by Gasteiger charge is 2.53. The fourth-order valence-corrected chi connectivity index (χ4v) is 2.83. The summed E-state index contributed by atoms with van der Waals surface area (Å²) in [6.07, 6.45) is 1.10. The van der Waals surface area contributed by atoms with Crippen LogP contribution in [0.5, 0.6) is 0 Å². The number of methoxy groups -OCH3 is 1. The van der Waals surface area contributed by atoms with E-state index >= 15 is 0 Å². The summed E-state index contributed by atoms with van der Waals surface area (Å²) in [6.45, 7) is 2.09. The topological polar surface area (TPSA) is 52.6 Å². The Balaban J connectivity index is 2.41. The van der Waals surface area contributed by atoms with E-state index in [0.29, 0.717) is 19.4 Å². The van der Waals surface area contributed by atoms with Crippen molar-refractivity contribution in [3.05, 3.63) is 0 Å². The molecule has 0 aromatic rings. The number of hydrogen-bond acceptors (Lipinski definition) is 4. The van der Waals surface area contributed by atoms with Crippen LogP contribution >= 0.6 is 8.03 Å². The van der Waals surface area contributed by atoms with Crippen molar-refractivity contribution < 1.29 is 23.0 Å². The molecule has 3 atom stereocenters. The van der Waals surface area contributed by atoms with Gasteiger partial charge in [-0.3, -0.25) is 4.79 Å². The van der Waals surface area contributed by atoms with Crippen molar-refractivity contribution in [1.82, 2.24) is 0 Å². The Hall–Kier alpha value is -0.540. The Morgan fingerprint density at radius 3 is 2.75 bits per heavy atom. The van der Waals surface area contributed by atoms with Crippen LogP contribution in [0.15, 0.2) is 0 Å². The number of carbonyl (C=O) groups is 1. The fourth-order valence-electron chi connectivity index (χ4n) is 1.86. The predicted octanol–water partition coefficient (Wildman–Crippen LogP) is 2.45. The molecule has 6 heteroatoms. The first-order valence-electron chi connectivity index (χ1n) is 5.38. The summed E-state index contributed by atoms with van der Waals surface area (Å²) in [5.74, 6) is -1.21. The molecule has 92 valence electrons. The molecule has 1 fully saturated rings. The molecule has 0 saturated heterocycles. The van der Waals surface area contributed by atoms with Gasteiger partial charge >= 0.3 is 14.0 Å². The molecule has 0 spiro atoms. The molecule has 0 aromatic heterocycles. The fraction of sp³-hybridized carbons (Fsp3) is 0.900. The van der Waals surface area contributed by atoms with Gasteiger partial charge in [0, 0.05) is 6.42 Å². The zero-order valence-electron chi connectivity index (χ0n) is 9.57. The van der Waals surface area contributed by atoms with Gasteiger partial charge in [0.1, 0.15) is 5.67 Å². The molecule has 1 saturated carbocycles. The lowest BCUT2D eigenvalue weighted by atomic mass is 9.69. The highest BCUT2D eigenvalue weighted by molar-refractivity contribution is 7.39. The third-order valence-corrected chi connectivity index (χ3v) is 4.08. The van der Waals surface area contributed by atoms with Crippen molar-refractivity contribution in [2.75, 3.05) is 19.9 Å². The third kappa shape index (κ3) is 2.98. The SMILES string of the molecule is CCO[P+](=O)CCC1(F)CCC1C(=O)OC. The summed E-state index contributed by atoms with van der Waals surface area (Å²) < 4.78 is 34.7. The lowest BCUT2D eigenvalue weighted by molar-refractivity contribution is -0.160. The largest absolute Gasteiger partial charge is 0.508 e. The lowest BCUT2D eigenvalue weighted by Crippen LogP contribution is -2.48.